The molecule has 1 rings (SSSR count). The molecule has 0 atom stereocenters. The van der Waals surface area contributed by atoms with Gasteiger partial charge in [0.05, 0.1) is 5.56 Å². The molecule has 0 bridgehead atoms. The molecule has 0 aliphatic rings. The second-order valence-electron chi connectivity index (χ2n) is 3.06. The third-order valence-corrected chi connectivity index (χ3v) is 1.81. The van der Waals surface area contributed by atoms with Crippen molar-refractivity contribution in [3.63, 3.8) is 0 Å². The van der Waals surface area contributed by atoms with Crippen LogP contribution in [0.4, 0.5) is 5.82 Å². The highest BCUT2D eigenvalue weighted by Gasteiger charge is 2.10. The maximum Gasteiger partial charge on any atom is 0.252 e. The minimum Gasteiger partial charge on any atom is -0.365 e. The molecule has 1 aromatic rings. The SMILES string of the molecule is CCCC(=O)Nc1ncccc1C(N)=O. The molecular formula is C10H13N3O2. The second kappa shape index (κ2) is 5.09. The van der Waals surface area contributed by atoms with Gasteiger partial charge in [-0.05, 0) is 18.6 Å². The van der Waals surface area contributed by atoms with E-state index >= 15 is 0 Å². The molecule has 0 aromatic carbocycles. The number of carbonyl (C=O) groups excluding carboxylic acids is 2. The Bertz CT molecular complexity index is 377. The van der Waals surface area contributed by atoms with Crippen LogP contribution in [0.2, 0.25) is 0 Å². The first kappa shape index (κ1) is 11.2. The lowest BCUT2D eigenvalue weighted by atomic mass is 10.2. The van der Waals surface area contributed by atoms with Crippen LogP contribution in [0, 0.1) is 0 Å². The minimum absolute atomic E-state index is 0.168. The highest BCUT2D eigenvalue weighted by Crippen LogP contribution is 2.10. The van der Waals surface area contributed by atoms with Gasteiger partial charge in [-0.25, -0.2) is 4.98 Å². The Hall–Kier alpha value is -1.91. The molecule has 0 radical (unpaired) electrons. The molecule has 5 nitrogen and oxygen atoms in total. The van der Waals surface area contributed by atoms with Crippen molar-refractivity contribution in [2.45, 2.75) is 19.8 Å². The monoisotopic (exact) mass is 207 g/mol. The van der Waals surface area contributed by atoms with Gasteiger partial charge in [-0.2, -0.15) is 0 Å². The minimum atomic E-state index is -0.602. The molecule has 3 N–H and O–H groups in total. The third kappa shape index (κ3) is 3.05. The summed E-state index contributed by atoms with van der Waals surface area (Å²) in [6.07, 6.45) is 2.63. The highest BCUT2D eigenvalue weighted by atomic mass is 16.2. The zero-order chi connectivity index (χ0) is 11.3. The van der Waals surface area contributed by atoms with Crippen LogP contribution in [-0.4, -0.2) is 16.8 Å². The number of nitrogens with zero attached hydrogens (tertiary/aromatic N) is 1. The standard InChI is InChI=1S/C10H13N3O2/c1-2-4-8(14)13-10-7(9(11)15)5-3-6-12-10/h3,5-6H,2,4H2,1H3,(H2,11,15)(H,12,13,14). The average molecular weight is 207 g/mol. The Morgan fingerprint density at radius 2 is 2.27 bits per heavy atom. The summed E-state index contributed by atoms with van der Waals surface area (Å²) in [7, 11) is 0. The number of primary amides is 1. The fourth-order valence-electron chi connectivity index (χ4n) is 1.13. The Balaban J connectivity index is 2.84. The van der Waals surface area contributed by atoms with Gasteiger partial charge in [0.15, 0.2) is 0 Å². The molecule has 5 heteroatoms. The van der Waals surface area contributed by atoms with Crippen molar-refractivity contribution in [1.29, 1.82) is 0 Å². The number of nitrogens with two attached hydrogens (primary N) is 1. The molecule has 2 amide bonds. The van der Waals surface area contributed by atoms with Crippen LogP contribution in [0.25, 0.3) is 0 Å². The lowest BCUT2D eigenvalue weighted by Gasteiger charge is -2.06. The van der Waals surface area contributed by atoms with Crippen molar-refractivity contribution >= 4 is 17.6 Å². The number of anilines is 1. The summed E-state index contributed by atoms with van der Waals surface area (Å²) in [6.45, 7) is 1.90. The summed E-state index contributed by atoms with van der Waals surface area (Å²) < 4.78 is 0. The summed E-state index contributed by atoms with van der Waals surface area (Å²) in [4.78, 5) is 26.2. The zero-order valence-corrected chi connectivity index (χ0v) is 8.49. The van der Waals surface area contributed by atoms with Gasteiger partial charge in [0, 0.05) is 12.6 Å². The summed E-state index contributed by atoms with van der Waals surface area (Å²) in [5.41, 5.74) is 5.36. The first-order valence-corrected chi connectivity index (χ1v) is 4.69. The van der Waals surface area contributed by atoms with Crippen LogP contribution >= 0.6 is 0 Å². The number of carbonyl (C=O) groups is 2. The van der Waals surface area contributed by atoms with Crippen molar-refractivity contribution in [2.75, 3.05) is 5.32 Å². The Kier molecular flexibility index (Phi) is 3.79. The van der Waals surface area contributed by atoms with E-state index in [1.165, 1.54) is 12.3 Å². The van der Waals surface area contributed by atoms with E-state index in [2.05, 4.69) is 10.3 Å². The molecule has 0 saturated heterocycles. The lowest BCUT2D eigenvalue weighted by molar-refractivity contribution is -0.116. The molecule has 0 spiro atoms. The van der Waals surface area contributed by atoms with E-state index in [0.717, 1.165) is 6.42 Å². The van der Waals surface area contributed by atoms with Crippen molar-refractivity contribution in [3.05, 3.63) is 23.9 Å². The first-order valence-electron chi connectivity index (χ1n) is 4.69. The smallest absolute Gasteiger partial charge is 0.252 e. The Morgan fingerprint density at radius 1 is 1.53 bits per heavy atom. The number of pyridine rings is 1. The molecule has 1 heterocycles. The summed E-state index contributed by atoms with van der Waals surface area (Å²) >= 11 is 0. The van der Waals surface area contributed by atoms with Crippen molar-refractivity contribution < 1.29 is 9.59 Å². The summed E-state index contributed by atoms with van der Waals surface area (Å²) in [5, 5.41) is 2.54. The van der Waals surface area contributed by atoms with Gasteiger partial charge in [-0.1, -0.05) is 6.92 Å². The fourth-order valence-corrected chi connectivity index (χ4v) is 1.13. The third-order valence-electron chi connectivity index (χ3n) is 1.81. The number of nitrogens with one attached hydrogen (secondary N) is 1. The van der Waals surface area contributed by atoms with Crippen molar-refractivity contribution in [1.82, 2.24) is 4.98 Å². The second-order valence-corrected chi connectivity index (χ2v) is 3.06. The normalized spacial score (nSPS) is 9.67. The summed E-state index contributed by atoms with van der Waals surface area (Å²) in [6, 6.07) is 3.12. The Morgan fingerprint density at radius 3 is 2.87 bits per heavy atom. The predicted molar refractivity (Wildman–Crippen MR) is 56.3 cm³/mol. The van der Waals surface area contributed by atoms with Crippen LogP contribution < -0.4 is 11.1 Å². The van der Waals surface area contributed by atoms with Crippen molar-refractivity contribution in [3.8, 4) is 0 Å². The van der Waals surface area contributed by atoms with E-state index in [1.807, 2.05) is 6.92 Å². The van der Waals surface area contributed by atoms with E-state index < -0.39 is 5.91 Å². The quantitative estimate of drug-likeness (QED) is 0.769. The molecule has 0 unspecified atom stereocenters. The number of rotatable bonds is 4. The van der Waals surface area contributed by atoms with Crippen LogP contribution in [0.3, 0.4) is 0 Å². The van der Waals surface area contributed by atoms with Crippen molar-refractivity contribution in [2.24, 2.45) is 5.73 Å². The van der Waals surface area contributed by atoms with Gasteiger partial charge in [0.2, 0.25) is 5.91 Å². The topological polar surface area (TPSA) is 85.1 Å². The number of aromatic nitrogens is 1. The van der Waals surface area contributed by atoms with E-state index in [9.17, 15) is 9.59 Å². The molecule has 15 heavy (non-hydrogen) atoms. The molecule has 0 saturated carbocycles. The highest BCUT2D eigenvalue weighted by molar-refractivity contribution is 6.01. The fraction of sp³-hybridized carbons (Fsp3) is 0.300. The molecule has 0 fully saturated rings. The lowest BCUT2D eigenvalue weighted by Crippen LogP contribution is -2.18. The van der Waals surface area contributed by atoms with E-state index in [4.69, 9.17) is 5.73 Å². The molecule has 0 aliphatic heterocycles. The average Bonchev–Trinajstić information content (AvgIpc) is 2.18. The van der Waals surface area contributed by atoms with E-state index in [-0.39, 0.29) is 17.3 Å². The number of amides is 2. The maximum atomic E-state index is 11.3. The van der Waals surface area contributed by atoms with Gasteiger partial charge in [-0.15, -0.1) is 0 Å². The van der Waals surface area contributed by atoms with Crippen LogP contribution in [0.5, 0.6) is 0 Å². The zero-order valence-electron chi connectivity index (χ0n) is 8.49. The van der Waals surface area contributed by atoms with Gasteiger partial charge in [0.1, 0.15) is 5.82 Å². The molecule has 0 aliphatic carbocycles. The van der Waals surface area contributed by atoms with E-state index in [0.29, 0.717) is 6.42 Å². The van der Waals surface area contributed by atoms with Gasteiger partial charge < -0.3 is 11.1 Å². The largest absolute Gasteiger partial charge is 0.365 e. The van der Waals surface area contributed by atoms with Crippen LogP contribution in [0.1, 0.15) is 30.1 Å². The van der Waals surface area contributed by atoms with Gasteiger partial charge >= 0.3 is 0 Å². The summed E-state index contributed by atoms with van der Waals surface area (Å²) in [5.74, 6) is -0.544. The maximum absolute atomic E-state index is 11.3. The van der Waals surface area contributed by atoms with Gasteiger partial charge in [-0.3, -0.25) is 9.59 Å². The Labute approximate surface area is 87.7 Å². The van der Waals surface area contributed by atoms with Crippen LogP contribution in [-0.2, 0) is 4.79 Å². The first-order chi connectivity index (χ1) is 7.15. The molecule has 1 aromatic heterocycles. The number of hydrogen-bond donors (Lipinski definition) is 2. The molecular weight excluding hydrogens is 194 g/mol. The number of hydrogen-bond acceptors (Lipinski definition) is 3. The van der Waals surface area contributed by atoms with Crippen LogP contribution in [0.15, 0.2) is 18.3 Å². The van der Waals surface area contributed by atoms with E-state index in [1.54, 1.807) is 6.07 Å². The molecule has 80 valence electrons. The van der Waals surface area contributed by atoms with Gasteiger partial charge in [0.25, 0.3) is 5.91 Å². The predicted octanol–water partition coefficient (Wildman–Crippen LogP) is 0.919.